The summed E-state index contributed by atoms with van der Waals surface area (Å²) in [6.07, 6.45) is 0. The molecule has 0 aliphatic rings. The van der Waals surface area contributed by atoms with Gasteiger partial charge in [-0.3, -0.25) is 10.1 Å². The van der Waals surface area contributed by atoms with Crippen LogP contribution in [0.15, 0.2) is 78.9 Å². The van der Waals surface area contributed by atoms with Crippen molar-refractivity contribution in [2.75, 3.05) is 13.2 Å². The topological polar surface area (TPSA) is 105 Å². The van der Waals surface area contributed by atoms with Crippen molar-refractivity contribution in [2.24, 2.45) is 0 Å². The molecule has 152 valence electrons. The summed E-state index contributed by atoms with van der Waals surface area (Å²) >= 11 is 0. The van der Waals surface area contributed by atoms with Gasteiger partial charge in [-0.2, -0.15) is 0 Å². The van der Waals surface area contributed by atoms with Crippen molar-refractivity contribution in [3.8, 4) is 11.5 Å². The smallest absolute Gasteiger partial charge is 0.343 e. The van der Waals surface area contributed by atoms with Gasteiger partial charge >= 0.3 is 11.9 Å². The third-order valence-corrected chi connectivity index (χ3v) is 3.95. The second-order valence-corrected chi connectivity index (χ2v) is 5.99. The Labute approximate surface area is 171 Å². The van der Waals surface area contributed by atoms with Crippen LogP contribution in [0.25, 0.3) is 0 Å². The van der Waals surface area contributed by atoms with Gasteiger partial charge in [-0.15, -0.1) is 0 Å². The average molecular weight is 407 g/mol. The first-order valence-electron chi connectivity index (χ1n) is 8.95. The predicted octanol–water partition coefficient (Wildman–Crippen LogP) is 4.05. The van der Waals surface area contributed by atoms with Crippen LogP contribution >= 0.6 is 0 Å². The van der Waals surface area contributed by atoms with Crippen LogP contribution in [-0.2, 0) is 4.74 Å². The van der Waals surface area contributed by atoms with E-state index in [0.29, 0.717) is 5.75 Å². The molecule has 0 unspecified atom stereocenters. The lowest BCUT2D eigenvalue weighted by atomic mass is 10.2. The van der Waals surface area contributed by atoms with Gasteiger partial charge in [0.05, 0.1) is 10.5 Å². The number of benzene rings is 3. The average Bonchev–Trinajstić information content (AvgIpc) is 2.77. The van der Waals surface area contributed by atoms with Crippen molar-refractivity contribution in [2.45, 2.75) is 0 Å². The SMILES string of the molecule is O=C(Oc1ccccc1C(=O)OCCOc1ccccc1)c1ccc([N+](=O)[O-])cc1. The fourth-order valence-electron chi connectivity index (χ4n) is 2.49. The van der Waals surface area contributed by atoms with Crippen LogP contribution in [0.3, 0.4) is 0 Å². The maximum absolute atomic E-state index is 12.4. The van der Waals surface area contributed by atoms with Gasteiger partial charge in [0.25, 0.3) is 5.69 Å². The second kappa shape index (κ2) is 9.83. The van der Waals surface area contributed by atoms with E-state index in [1.54, 1.807) is 24.3 Å². The minimum atomic E-state index is -0.752. The number of rotatable bonds is 8. The number of nitro benzene ring substituents is 1. The van der Waals surface area contributed by atoms with E-state index in [-0.39, 0.29) is 35.8 Å². The van der Waals surface area contributed by atoms with Gasteiger partial charge in [0.15, 0.2) is 0 Å². The number of hydrogen-bond donors (Lipinski definition) is 0. The van der Waals surface area contributed by atoms with Crippen LogP contribution in [0, 0.1) is 10.1 Å². The lowest BCUT2D eigenvalue weighted by Gasteiger charge is -2.11. The molecule has 0 aromatic heterocycles. The van der Waals surface area contributed by atoms with Crippen molar-refractivity contribution < 1.29 is 28.7 Å². The van der Waals surface area contributed by atoms with Crippen LogP contribution < -0.4 is 9.47 Å². The highest BCUT2D eigenvalue weighted by Crippen LogP contribution is 2.21. The zero-order chi connectivity index (χ0) is 21.3. The number of carbonyl (C=O) groups is 2. The van der Waals surface area contributed by atoms with E-state index in [9.17, 15) is 19.7 Å². The van der Waals surface area contributed by atoms with Gasteiger partial charge in [0.2, 0.25) is 0 Å². The molecule has 3 rings (SSSR count). The van der Waals surface area contributed by atoms with Crippen molar-refractivity contribution in [1.82, 2.24) is 0 Å². The molecule has 0 amide bonds. The molecule has 0 saturated heterocycles. The van der Waals surface area contributed by atoms with Gasteiger partial charge < -0.3 is 14.2 Å². The fourth-order valence-corrected chi connectivity index (χ4v) is 2.49. The molecule has 0 radical (unpaired) electrons. The molecule has 8 nitrogen and oxygen atoms in total. The lowest BCUT2D eigenvalue weighted by Crippen LogP contribution is -2.15. The van der Waals surface area contributed by atoms with Crippen LogP contribution in [0.5, 0.6) is 11.5 Å². The molecule has 0 bridgehead atoms. The number of hydrogen-bond acceptors (Lipinski definition) is 7. The van der Waals surface area contributed by atoms with Crippen LogP contribution in [0.1, 0.15) is 20.7 Å². The molecule has 0 fully saturated rings. The Kier molecular flexibility index (Phi) is 6.73. The molecule has 0 N–H and O–H groups in total. The van der Waals surface area contributed by atoms with E-state index >= 15 is 0 Å². The summed E-state index contributed by atoms with van der Waals surface area (Å²) < 4.78 is 15.9. The molecule has 0 heterocycles. The summed E-state index contributed by atoms with van der Waals surface area (Å²) in [4.78, 5) is 34.8. The van der Waals surface area contributed by atoms with E-state index in [4.69, 9.17) is 14.2 Å². The van der Waals surface area contributed by atoms with E-state index in [1.807, 2.05) is 18.2 Å². The standard InChI is InChI=1S/C22H17NO7/c24-21(16-10-12-17(13-11-16)23(26)27)30-20-9-5-4-8-19(20)22(25)29-15-14-28-18-6-2-1-3-7-18/h1-13H,14-15H2. The summed E-state index contributed by atoms with van der Waals surface area (Å²) in [6.45, 7) is 0.179. The van der Waals surface area contributed by atoms with Gasteiger partial charge in [-0.05, 0) is 36.4 Å². The third kappa shape index (κ3) is 5.41. The molecule has 0 aliphatic carbocycles. The van der Waals surface area contributed by atoms with Gasteiger partial charge in [0.1, 0.15) is 30.3 Å². The van der Waals surface area contributed by atoms with Crippen LogP contribution in [-0.4, -0.2) is 30.1 Å². The Morgan fingerprint density at radius 1 is 0.800 bits per heavy atom. The number of carbonyl (C=O) groups excluding carboxylic acids is 2. The highest BCUT2D eigenvalue weighted by atomic mass is 16.6. The zero-order valence-corrected chi connectivity index (χ0v) is 15.7. The predicted molar refractivity (Wildman–Crippen MR) is 107 cm³/mol. The molecule has 0 aliphatic heterocycles. The monoisotopic (exact) mass is 407 g/mol. The molecular weight excluding hydrogens is 390 g/mol. The van der Waals surface area contributed by atoms with Crippen LogP contribution in [0.2, 0.25) is 0 Å². The summed E-state index contributed by atoms with van der Waals surface area (Å²) in [5.74, 6) is -0.739. The number of nitrogens with zero attached hydrogens (tertiary/aromatic N) is 1. The first kappa shape index (κ1) is 20.5. The molecule has 3 aromatic rings. The number of nitro groups is 1. The summed E-state index contributed by atoms with van der Waals surface area (Å²) in [5, 5.41) is 10.7. The molecule has 3 aromatic carbocycles. The zero-order valence-electron chi connectivity index (χ0n) is 15.7. The number of non-ortho nitro benzene ring substituents is 1. The number of ether oxygens (including phenoxy) is 3. The van der Waals surface area contributed by atoms with Gasteiger partial charge in [-0.25, -0.2) is 9.59 Å². The van der Waals surface area contributed by atoms with E-state index in [1.165, 1.54) is 36.4 Å². The molecular formula is C22H17NO7. The van der Waals surface area contributed by atoms with Crippen molar-refractivity contribution in [3.63, 3.8) is 0 Å². The number of esters is 2. The van der Waals surface area contributed by atoms with E-state index in [0.717, 1.165) is 0 Å². The summed E-state index contributed by atoms with van der Waals surface area (Å²) in [7, 11) is 0. The molecule has 30 heavy (non-hydrogen) atoms. The van der Waals surface area contributed by atoms with Gasteiger partial charge in [0, 0.05) is 12.1 Å². The third-order valence-electron chi connectivity index (χ3n) is 3.95. The lowest BCUT2D eigenvalue weighted by molar-refractivity contribution is -0.384. The maximum Gasteiger partial charge on any atom is 0.343 e. The largest absolute Gasteiger partial charge is 0.490 e. The maximum atomic E-state index is 12.4. The minimum Gasteiger partial charge on any atom is -0.490 e. The highest BCUT2D eigenvalue weighted by Gasteiger charge is 2.18. The summed E-state index contributed by atoms with van der Waals surface area (Å²) in [6, 6.07) is 20.2. The van der Waals surface area contributed by atoms with E-state index in [2.05, 4.69) is 0 Å². The van der Waals surface area contributed by atoms with Crippen molar-refractivity contribution in [1.29, 1.82) is 0 Å². The Hall–Kier alpha value is -4.20. The summed E-state index contributed by atoms with van der Waals surface area (Å²) in [5.41, 5.74) is 0.0424. The Balaban J connectivity index is 1.59. The Bertz CT molecular complexity index is 1030. The molecule has 0 spiro atoms. The Morgan fingerprint density at radius 3 is 2.17 bits per heavy atom. The van der Waals surface area contributed by atoms with Crippen molar-refractivity contribution >= 4 is 17.6 Å². The quantitative estimate of drug-likeness (QED) is 0.182. The first-order valence-corrected chi connectivity index (χ1v) is 8.95. The normalized spacial score (nSPS) is 10.1. The highest BCUT2D eigenvalue weighted by molar-refractivity contribution is 5.96. The Morgan fingerprint density at radius 2 is 1.47 bits per heavy atom. The van der Waals surface area contributed by atoms with Crippen molar-refractivity contribution in [3.05, 3.63) is 100 Å². The molecule has 8 heteroatoms. The molecule has 0 saturated carbocycles. The number of para-hydroxylation sites is 2. The van der Waals surface area contributed by atoms with E-state index < -0.39 is 16.9 Å². The van der Waals surface area contributed by atoms with Gasteiger partial charge in [-0.1, -0.05) is 30.3 Å². The minimum absolute atomic E-state index is 0.0123. The fraction of sp³-hybridized carbons (Fsp3) is 0.0909. The first-order chi connectivity index (χ1) is 14.5. The van der Waals surface area contributed by atoms with Crippen LogP contribution in [0.4, 0.5) is 5.69 Å². The molecule has 0 atom stereocenters. The second-order valence-electron chi connectivity index (χ2n) is 5.99.